The Kier molecular flexibility index (Phi) is 6.63. The minimum Gasteiger partial charge on any atom is -0.507 e. The van der Waals surface area contributed by atoms with Crippen molar-refractivity contribution in [3.05, 3.63) is 95.3 Å². The van der Waals surface area contributed by atoms with Gasteiger partial charge in [0.15, 0.2) is 0 Å². The number of rotatable bonds is 7. The quantitative estimate of drug-likeness (QED) is 0.296. The van der Waals surface area contributed by atoms with Crippen LogP contribution in [0.4, 0.5) is 10.1 Å². The number of halogens is 1. The maximum atomic E-state index is 13.4. The first-order valence-corrected chi connectivity index (χ1v) is 11.0. The van der Waals surface area contributed by atoms with Crippen LogP contribution in [-0.4, -0.2) is 30.0 Å². The number of ether oxygens (including phenoxy) is 2. The van der Waals surface area contributed by atoms with Crippen LogP contribution in [0.15, 0.2) is 78.4 Å². The average Bonchev–Trinajstić information content (AvgIpc) is 3.11. The molecule has 1 fully saturated rings. The zero-order valence-electron chi connectivity index (χ0n) is 18.8. The van der Waals surface area contributed by atoms with Crippen molar-refractivity contribution in [1.82, 2.24) is 0 Å². The Balaban J connectivity index is 1.89. The van der Waals surface area contributed by atoms with Gasteiger partial charge in [0.2, 0.25) is 0 Å². The smallest absolute Gasteiger partial charge is 0.300 e. The van der Waals surface area contributed by atoms with E-state index in [2.05, 4.69) is 0 Å². The lowest BCUT2D eigenvalue weighted by molar-refractivity contribution is -0.132. The first-order chi connectivity index (χ1) is 16.4. The van der Waals surface area contributed by atoms with E-state index in [4.69, 9.17) is 9.47 Å². The molecule has 1 saturated heterocycles. The van der Waals surface area contributed by atoms with Crippen molar-refractivity contribution in [2.24, 2.45) is 0 Å². The van der Waals surface area contributed by atoms with Gasteiger partial charge in [-0.05, 0) is 80.1 Å². The van der Waals surface area contributed by atoms with Crippen molar-refractivity contribution in [3.8, 4) is 11.5 Å². The highest BCUT2D eigenvalue weighted by Gasteiger charge is 2.47. The lowest BCUT2D eigenvalue weighted by Crippen LogP contribution is -2.29. The highest BCUT2D eigenvalue weighted by Crippen LogP contribution is 2.43. The topological polar surface area (TPSA) is 76.1 Å². The van der Waals surface area contributed by atoms with Gasteiger partial charge in [0, 0.05) is 11.3 Å². The van der Waals surface area contributed by atoms with Crippen molar-refractivity contribution in [3.63, 3.8) is 0 Å². The number of hydrogen-bond donors (Lipinski definition) is 1. The van der Waals surface area contributed by atoms with E-state index in [-0.39, 0.29) is 16.9 Å². The Labute approximate surface area is 196 Å². The van der Waals surface area contributed by atoms with Gasteiger partial charge in [-0.3, -0.25) is 14.5 Å². The van der Waals surface area contributed by atoms with E-state index >= 15 is 0 Å². The maximum Gasteiger partial charge on any atom is 0.300 e. The van der Waals surface area contributed by atoms with Gasteiger partial charge in [-0.1, -0.05) is 12.1 Å². The molecule has 174 valence electrons. The van der Waals surface area contributed by atoms with Crippen LogP contribution in [0.3, 0.4) is 0 Å². The van der Waals surface area contributed by atoms with Crippen LogP contribution in [0.25, 0.3) is 5.76 Å². The molecule has 3 aromatic rings. The second kappa shape index (κ2) is 9.79. The molecule has 1 heterocycles. The summed E-state index contributed by atoms with van der Waals surface area (Å²) in [6.45, 7) is 4.66. The minimum absolute atomic E-state index is 0.0841. The summed E-state index contributed by atoms with van der Waals surface area (Å²) >= 11 is 0. The average molecular weight is 461 g/mol. The van der Waals surface area contributed by atoms with E-state index in [9.17, 15) is 19.1 Å². The summed E-state index contributed by atoms with van der Waals surface area (Å²) in [5, 5.41) is 11.1. The summed E-state index contributed by atoms with van der Waals surface area (Å²) in [7, 11) is 0. The van der Waals surface area contributed by atoms with Crippen molar-refractivity contribution < 1.29 is 28.6 Å². The van der Waals surface area contributed by atoms with Gasteiger partial charge in [0.1, 0.15) is 23.1 Å². The Morgan fingerprint density at radius 3 is 2.21 bits per heavy atom. The zero-order valence-corrected chi connectivity index (χ0v) is 18.8. The molecule has 1 aliphatic rings. The number of carbonyl (C=O) groups excluding carboxylic acids is 2. The fourth-order valence-corrected chi connectivity index (χ4v) is 3.99. The third kappa shape index (κ3) is 4.37. The first-order valence-electron chi connectivity index (χ1n) is 11.0. The SMILES string of the molecule is CCOc1ccc(N2C(=O)C(=O)/C(=C(\O)c3ccc(F)cc3)C2c2cccc(OCC)c2)cc1. The number of hydrogen-bond acceptors (Lipinski definition) is 5. The second-order valence-corrected chi connectivity index (χ2v) is 7.61. The van der Waals surface area contributed by atoms with Gasteiger partial charge >= 0.3 is 0 Å². The summed E-state index contributed by atoms with van der Waals surface area (Å²) in [5.74, 6) is -1.27. The Morgan fingerprint density at radius 2 is 1.56 bits per heavy atom. The van der Waals surface area contributed by atoms with Crippen LogP contribution in [0.1, 0.15) is 31.0 Å². The zero-order chi connectivity index (χ0) is 24.2. The predicted octanol–water partition coefficient (Wildman–Crippen LogP) is 5.25. The number of aliphatic hydroxyl groups is 1. The van der Waals surface area contributed by atoms with E-state index in [1.807, 2.05) is 13.8 Å². The summed E-state index contributed by atoms with van der Waals surface area (Å²) in [4.78, 5) is 27.8. The minimum atomic E-state index is -0.914. The summed E-state index contributed by atoms with van der Waals surface area (Å²) < 4.78 is 24.5. The summed E-state index contributed by atoms with van der Waals surface area (Å²) in [5.41, 5.74) is 1.20. The maximum absolute atomic E-state index is 13.4. The second-order valence-electron chi connectivity index (χ2n) is 7.61. The van der Waals surface area contributed by atoms with Gasteiger partial charge in [-0.25, -0.2) is 4.39 Å². The molecule has 1 atom stereocenters. The number of carbonyl (C=O) groups is 2. The number of aliphatic hydroxyl groups excluding tert-OH is 1. The molecule has 0 spiro atoms. The molecule has 1 aliphatic heterocycles. The van der Waals surface area contributed by atoms with Crippen molar-refractivity contribution >= 4 is 23.1 Å². The van der Waals surface area contributed by atoms with Crippen molar-refractivity contribution in [2.75, 3.05) is 18.1 Å². The monoisotopic (exact) mass is 461 g/mol. The largest absolute Gasteiger partial charge is 0.507 e. The number of anilines is 1. The molecule has 0 radical (unpaired) electrons. The molecule has 0 saturated carbocycles. The highest BCUT2D eigenvalue weighted by atomic mass is 19.1. The predicted molar refractivity (Wildman–Crippen MR) is 126 cm³/mol. The molecule has 7 heteroatoms. The normalized spacial score (nSPS) is 17.1. The molecule has 0 bridgehead atoms. The molecule has 0 aliphatic carbocycles. The number of amides is 1. The Bertz CT molecular complexity index is 1230. The molecule has 1 unspecified atom stereocenters. The van der Waals surface area contributed by atoms with Crippen LogP contribution >= 0.6 is 0 Å². The number of benzene rings is 3. The first kappa shape index (κ1) is 23.0. The Morgan fingerprint density at radius 1 is 0.912 bits per heavy atom. The summed E-state index contributed by atoms with van der Waals surface area (Å²) in [6, 6.07) is 18.0. The lowest BCUT2D eigenvalue weighted by Gasteiger charge is -2.26. The molecular weight excluding hydrogens is 437 g/mol. The number of nitrogens with zero attached hydrogens (tertiary/aromatic N) is 1. The van der Waals surface area contributed by atoms with E-state index in [0.717, 1.165) is 0 Å². The van der Waals surface area contributed by atoms with E-state index in [1.54, 1.807) is 48.5 Å². The van der Waals surface area contributed by atoms with Gasteiger partial charge in [-0.2, -0.15) is 0 Å². The number of ketones is 1. The molecule has 3 aromatic carbocycles. The van der Waals surface area contributed by atoms with E-state index in [0.29, 0.717) is 36.0 Å². The highest BCUT2D eigenvalue weighted by molar-refractivity contribution is 6.51. The third-order valence-electron chi connectivity index (χ3n) is 5.47. The lowest BCUT2D eigenvalue weighted by atomic mass is 9.95. The summed E-state index contributed by atoms with van der Waals surface area (Å²) in [6.07, 6.45) is 0. The van der Waals surface area contributed by atoms with Crippen molar-refractivity contribution in [2.45, 2.75) is 19.9 Å². The fraction of sp³-hybridized carbons (Fsp3) is 0.185. The number of Topliss-reactive ketones (excluding diaryl/α,β-unsaturated/α-hetero) is 1. The van der Waals surface area contributed by atoms with Crippen LogP contribution < -0.4 is 14.4 Å². The fourth-order valence-electron chi connectivity index (χ4n) is 3.99. The van der Waals surface area contributed by atoms with Gasteiger partial charge in [0.05, 0.1) is 24.8 Å². The van der Waals surface area contributed by atoms with E-state index in [1.165, 1.54) is 29.2 Å². The van der Waals surface area contributed by atoms with E-state index < -0.39 is 23.5 Å². The third-order valence-corrected chi connectivity index (χ3v) is 5.47. The Hall–Kier alpha value is -4.13. The molecule has 1 N–H and O–H groups in total. The van der Waals surface area contributed by atoms with Gasteiger partial charge in [-0.15, -0.1) is 0 Å². The molecule has 6 nitrogen and oxygen atoms in total. The van der Waals surface area contributed by atoms with Gasteiger partial charge < -0.3 is 14.6 Å². The van der Waals surface area contributed by atoms with Crippen LogP contribution in [-0.2, 0) is 9.59 Å². The molecule has 34 heavy (non-hydrogen) atoms. The van der Waals surface area contributed by atoms with Gasteiger partial charge in [0.25, 0.3) is 11.7 Å². The van der Waals surface area contributed by atoms with Crippen molar-refractivity contribution in [1.29, 1.82) is 0 Å². The van der Waals surface area contributed by atoms with Crippen LogP contribution in [0, 0.1) is 5.82 Å². The molecular formula is C27H24FNO5. The molecule has 0 aromatic heterocycles. The van der Waals surface area contributed by atoms with Crippen LogP contribution in [0.5, 0.6) is 11.5 Å². The molecule has 4 rings (SSSR count). The standard InChI is InChI=1S/C27H24FNO5/c1-3-33-21-14-12-20(13-15-21)29-24(18-6-5-7-22(16-18)34-4-2)23(26(31)27(29)32)25(30)17-8-10-19(28)11-9-17/h5-16,24,30H,3-4H2,1-2H3/b25-23-. The molecule has 1 amide bonds. The van der Waals surface area contributed by atoms with Crippen LogP contribution in [0.2, 0.25) is 0 Å².